The molecule has 46 heavy (non-hydrogen) atoms. The van der Waals surface area contributed by atoms with E-state index in [1.165, 1.54) is 17.0 Å². The van der Waals surface area contributed by atoms with E-state index in [1.54, 1.807) is 42.5 Å². The number of amides is 2. The van der Waals surface area contributed by atoms with Crippen LogP contribution in [0.3, 0.4) is 0 Å². The van der Waals surface area contributed by atoms with Crippen LogP contribution in [-0.4, -0.2) is 43.8 Å². The number of sulfonamides is 1. The van der Waals surface area contributed by atoms with Crippen molar-refractivity contribution in [2.24, 2.45) is 0 Å². The summed E-state index contributed by atoms with van der Waals surface area (Å²) in [6.07, 6.45) is 4.35. The molecule has 1 saturated carbocycles. The molecule has 1 aliphatic rings. The maximum Gasteiger partial charge on any atom is 0.264 e. The highest BCUT2D eigenvalue weighted by Gasteiger charge is 2.34. The predicted octanol–water partition coefficient (Wildman–Crippen LogP) is 6.85. The molecule has 1 aliphatic carbocycles. The van der Waals surface area contributed by atoms with Crippen LogP contribution in [-0.2, 0) is 26.2 Å². The lowest BCUT2D eigenvalue weighted by Crippen LogP contribution is -2.53. The van der Waals surface area contributed by atoms with E-state index in [0.717, 1.165) is 41.1 Å². The van der Waals surface area contributed by atoms with Gasteiger partial charge in [0.15, 0.2) is 0 Å². The molecule has 0 radical (unpaired) electrons. The molecule has 240 valence electrons. The van der Waals surface area contributed by atoms with Crippen LogP contribution in [0.2, 0.25) is 0 Å². The summed E-state index contributed by atoms with van der Waals surface area (Å²) in [6.45, 7) is 3.52. The van der Waals surface area contributed by atoms with Gasteiger partial charge in [-0.3, -0.25) is 13.9 Å². The molecule has 0 heterocycles. The van der Waals surface area contributed by atoms with Gasteiger partial charge in [0, 0.05) is 12.6 Å². The molecule has 0 aromatic heterocycles. The van der Waals surface area contributed by atoms with Crippen molar-refractivity contribution in [3.05, 3.63) is 120 Å². The summed E-state index contributed by atoms with van der Waals surface area (Å²) in [7, 11) is -4.16. The van der Waals surface area contributed by atoms with Gasteiger partial charge in [-0.1, -0.05) is 86.0 Å². The Hall–Kier alpha value is -4.63. The molecule has 0 saturated heterocycles. The number of hydrogen-bond donors (Lipinski definition) is 1. The average molecular weight is 640 g/mol. The van der Waals surface area contributed by atoms with E-state index in [9.17, 15) is 18.0 Å². The number of nitrogens with zero attached hydrogens (tertiary/aromatic N) is 2. The monoisotopic (exact) mass is 639 g/mol. The lowest BCUT2D eigenvalue weighted by molar-refractivity contribution is -0.140. The first-order valence-electron chi connectivity index (χ1n) is 15.8. The third kappa shape index (κ3) is 8.14. The summed E-state index contributed by atoms with van der Waals surface area (Å²) < 4.78 is 35.3. The number of anilines is 1. The van der Waals surface area contributed by atoms with E-state index >= 15 is 0 Å². The zero-order valence-corrected chi connectivity index (χ0v) is 27.2. The molecular formula is C37H41N3O5S. The molecular weight excluding hydrogens is 598 g/mol. The van der Waals surface area contributed by atoms with E-state index in [2.05, 4.69) is 5.32 Å². The van der Waals surface area contributed by atoms with Crippen LogP contribution < -0.4 is 14.4 Å². The van der Waals surface area contributed by atoms with Crippen molar-refractivity contribution in [1.29, 1.82) is 0 Å². The predicted molar refractivity (Wildman–Crippen MR) is 180 cm³/mol. The molecule has 4 aromatic carbocycles. The second kappa shape index (κ2) is 15.1. The first-order valence-corrected chi connectivity index (χ1v) is 17.2. The van der Waals surface area contributed by atoms with Crippen LogP contribution in [0.15, 0.2) is 114 Å². The third-order valence-electron chi connectivity index (χ3n) is 8.24. The minimum Gasteiger partial charge on any atom is -0.457 e. The van der Waals surface area contributed by atoms with E-state index in [0.29, 0.717) is 23.6 Å². The van der Waals surface area contributed by atoms with E-state index < -0.39 is 28.5 Å². The number of benzene rings is 4. The Morgan fingerprint density at radius 2 is 1.48 bits per heavy atom. The van der Waals surface area contributed by atoms with Gasteiger partial charge in [0.05, 0.1) is 10.6 Å². The van der Waals surface area contributed by atoms with Crippen molar-refractivity contribution < 1.29 is 22.7 Å². The zero-order chi connectivity index (χ0) is 32.5. The van der Waals surface area contributed by atoms with Gasteiger partial charge in [0.25, 0.3) is 10.0 Å². The van der Waals surface area contributed by atoms with Crippen LogP contribution in [0.25, 0.3) is 0 Å². The van der Waals surface area contributed by atoms with Gasteiger partial charge >= 0.3 is 0 Å². The van der Waals surface area contributed by atoms with Crippen molar-refractivity contribution in [3.8, 4) is 11.5 Å². The maximum absolute atomic E-state index is 14.4. The average Bonchev–Trinajstić information content (AvgIpc) is 3.58. The Bertz CT molecular complexity index is 1710. The molecule has 5 rings (SSSR count). The van der Waals surface area contributed by atoms with Gasteiger partial charge in [-0.25, -0.2) is 8.42 Å². The number of hydrogen-bond acceptors (Lipinski definition) is 5. The summed E-state index contributed by atoms with van der Waals surface area (Å²) in [4.78, 5) is 29.6. The first kappa shape index (κ1) is 32.8. The lowest BCUT2D eigenvalue weighted by atomic mass is 10.1. The summed E-state index contributed by atoms with van der Waals surface area (Å²) in [6, 6.07) is 31.0. The van der Waals surface area contributed by atoms with Crippen molar-refractivity contribution in [1.82, 2.24) is 10.2 Å². The fourth-order valence-electron chi connectivity index (χ4n) is 5.85. The summed E-state index contributed by atoms with van der Waals surface area (Å²) >= 11 is 0. The summed E-state index contributed by atoms with van der Waals surface area (Å²) in [5, 5.41) is 3.15. The van der Waals surface area contributed by atoms with Gasteiger partial charge in [0.1, 0.15) is 24.1 Å². The molecule has 2 amide bonds. The standard InChI is InChI=1S/C37H41N3O5S/c1-3-35(37(42)38-30-15-10-11-16-30)39(26-29-14-12-13-28(2)25-29)36(41)27-40(46(43,44)34-19-8-5-9-20-34)31-21-23-33(24-22-31)45-32-17-6-4-7-18-32/h4-9,12-14,17-25,30,35H,3,10-11,15-16,26-27H2,1-2H3,(H,38,42). The number of aryl methyl sites for hydroxylation is 1. The smallest absolute Gasteiger partial charge is 0.264 e. The van der Waals surface area contributed by atoms with Crippen molar-refractivity contribution in [3.63, 3.8) is 0 Å². The molecule has 1 atom stereocenters. The van der Waals surface area contributed by atoms with Gasteiger partial charge in [0.2, 0.25) is 11.8 Å². The normalized spacial score (nSPS) is 14.0. The van der Waals surface area contributed by atoms with E-state index in [4.69, 9.17) is 4.74 Å². The topological polar surface area (TPSA) is 96.0 Å². The van der Waals surface area contributed by atoms with Gasteiger partial charge in [-0.2, -0.15) is 0 Å². The fourth-order valence-corrected chi connectivity index (χ4v) is 7.28. The van der Waals surface area contributed by atoms with Crippen molar-refractivity contribution in [2.45, 2.75) is 69.5 Å². The Balaban J connectivity index is 1.48. The number of nitrogens with one attached hydrogen (secondary N) is 1. The summed E-state index contributed by atoms with van der Waals surface area (Å²) in [5.74, 6) is 0.482. The molecule has 1 unspecified atom stereocenters. The second-order valence-electron chi connectivity index (χ2n) is 11.7. The minimum atomic E-state index is -4.16. The molecule has 4 aromatic rings. The Morgan fingerprint density at radius 1 is 0.848 bits per heavy atom. The van der Waals surface area contributed by atoms with Gasteiger partial charge in [-0.05, 0) is 80.3 Å². The molecule has 1 N–H and O–H groups in total. The van der Waals surface area contributed by atoms with E-state index in [-0.39, 0.29) is 23.4 Å². The molecule has 9 heteroatoms. The van der Waals surface area contributed by atoms with Crippen LogP contribution in [0.5, 0.6) is 11.5 Å². The second-order valence-corrected chi connectivity index (χ2v) is 13.5. The molecule has 1 fully saturated rings. The maximum atomic E-state index is 14.4. The molecule has 0 aliphatic heterocycles. The van der Waals surface area contributed by atoms with Crippen molar-refractivity contribution >= 4 is 27.5 Å². The number of para-hydroxylation sites is 1. The lowest BCUT2D eigenvalue weighted by Gasteiger charge is -2.34. The first-order chi connectivity index (χ1) is 22.2. The Morgan fingerprint density at radius 3 is 2.11 bits per heavy atom. The van der Waals surface area contributed by atoms with E-state index in [1.807, 2.05) is 68.4 Å². The minimum absolute atomic E-state index is 0.0589. The highest BCUT2D eigenvalue weighted by atomic mass is 32.2. The van der Waals surface area contributed by atoms with Crippen LogP contribution in [0.1, 0.15) is 50.2 Å². The van der Waals surface area contributed by atoms with Gasteiger partial charge < -0.3 is 15.0 Å². The van der Waals surface area contributed by atoms with Crippen LogP contribution >= 0.6 is 0 Å². The SMILES string of the molecule is CCC(C(=O)NC1CCCC1)N(Cc1cccc(C)c1)C(=O)CN(c1ccc(Oc2ccccc2)cc1)S(=O)(=O)c1ccccc1. The highest BCUT2D eigenvalue weighted by Crippen LogP contribution is 2.29. The highest BCUT2D eigenvalue weighted by molar-refractivity contribution is 7.92. The summed E-state index contributed by atoms with van der Waals surface area (Å²) in [5.41, 5.74) is 2.19. The fraction of sp³-hybridized carbons (Fsp3) is 0.297. The third-order valence-corrected chi connectivity index (χ3v) is 10.0. The molecule has 8 nitrogen and oxygen atoms in total. The number of carbonyl (C=O) groups excluding carboxylic acids is 2. The molecule has 0 bridgehead atoms. The zero-order valence-electron chi connectivity index (χ0n) is 26.3. The number of ether oxygens (including phenoxy) is 1. The van der Waals surface area contributed by atoms with Crippen molar-refractivity contribution in [2.75, 3.05) is 10.8 Å². The van der Waals surface area contributed by atoms with Crippen LogP contribution in [0, 0.1) is 6.92 Å². The number of carbonyl (C=O) groups is 2. The Kier molecular flexibility index (Phi) is 10.8. The largest absolute Gasteiger partial charge is 0.457 e. The number of rotatable bonds is 13. The van der Waals surface area contributed by atoms with Crippen LogP contribution in [0.4, 0.5) is 5.69 Å². The quantitative estimate of drug-likeness (QED) is 0.173. The van der Waals surface area contributed by atoms with Gasteiger partial charge in [-0.15, -0.1) is 0 Å². The Labute approximate surface area is 272 Å². The molecule has 0 spiro atoms.